The average Bonchev–Trinajstić information content (AvgIpc) is 2.25. The van der Waals surface area contributed by atoms with Crippen molar-refractivity contribution in [2.24, 2.45) is 0 Å². The fourth-order valence-electron chi connectivity index (χ4n) is 1.69. The Morgan fingerprint density at radius 1 is 1.56 bits per heavy atom. The van der Waals surface area contributed by atoms with Gasteiger partial charge in [0.25, 0.3) is 11.5 Å². The van der Waals surface area contributed by atoms with Crippen LogP contribution in [-0.4, -0.2) is 42.4 Å². The number of hydrogen-bond donors (Lipinski definition) is 3. The van der Waals surface area contributed by atoms with Crippen molar-refractivity contribution in [1.82, 2.24) is 10.3 Å². The van der Waals surface area contributed by atoms with Gasteiger partial charge in [-0.2, -0.15) is 0 Å². The van der Waals surface area contributed by atoms with Gasteiger partial charge in [-0.05, 0) is 25.5 Å². The fraction of sp³-hybridized carbons (Fsp3) is 0.500. The van der Waals surface area contributed by atoms with Gasteiger partial charge in [0.05, 0.1) is 12.7 Å². The normalized spacial score (nSPS) is 12.2. The van der Waals surface area contributed by atoms with Gasteiger partial charge in [0, 0.05) is 19.3 Å². The van der Waals surface area contributed by atoms with Gasteiger partial charge < -0.3 is 20.1 Å². The number of methoxy groups -OCH3 is 1. The van der Waals surface area contributed by atoms with Crippen LogP contribution in [0.5, 0.6) is 0 Å². The third-order valence-corrected chi connectivity index (χ3v) is 2.45. The second-order valence-electron chi connectivity index (χ2n) is 4.16. The van der Waals surface area contributed by atoms with Crippen molar-refractivity contribution in [1.29, 1.82) is 0 Å². The highest BCUT2D eigenvalue weighted by Gasteiger charge is 2.15. The molecule has 0 aliphatic heterocycles. The molecule has 100 valence electrons. The van der Waals surface area contributed by atoms with Gasteiger partial charge in [0.15, 0.2) is 0 Å². The van der Waals surface area contributed by atoms with Crippen LogP contribution in [0.3, 0.4) is 0 Å². The molecule has 1 rings (SSSR count). The summed E-state index contributed by atoms with van der Waals surface area (Å²) in [5.74, 6) is -0.496. The van der Waals surface area contributed by atoms with E-state index in [2.05, 4.69) is 10.3 Å². The van der Waals surface area contributed by atoms with Crippen molar-refractivity contribution < 1.29 is 14.6 Å². The lowest BCUT2D eigenvalue weighted by atomic mass is 10.1. The van der Waals surface area contributed by atoms with Gasteiger partial charge in [-0.1, -0.05) is 0 Å². The quantitative estimate of drug-likeness (QED) is 0.674. The Labute approximate surface area is 105 Å². The lowest BCUT2D eigenvalue weighted by molar-refractivity contribution is 0.0609. The Hall–Kier alpha value is -1.66. The van der Waals surface area contributed by atoms with Crippen molar-refractivity contribution in [3.8, 4) is 0 Å². The number of aromatic nitrogens is 1. The maximum atomic E-state index is 11.8. The molecule has 0 fully saturated rings. The third kappa shape index (κ3) is 3.68. The summed E-state index contributed by atoms with van der Waals surface area (Å²) in [4.78, 5) is 26.1. The van der Waals surface area contributed by atoms with Crippen LogP contribution in [0, 0.1) is 13.8 Å². The highest BCUT2D eigenvalue weighted by atomic mass is 16.5. The van der Waals surface area contributed by atoms with Crippen molar-refractivity contribution in [2.45, 2.75) is 20.0 Å². The lowest BCUT2D eigenvalue weighted by Gasteiger charge is -2.11. The summed E-state index contributed by atoms with van der Waals surface area (Å²) in [6.45, 7) is 3.62. The van der Waals surface area contributed by atoms with E-state index in [0.717, 1.165) is 0 Å². The highest BCUT2D eigenvalue weighted by Crippen LogP contribution is 2.03. The number of carbonyl (C=O) groups is 1. The number of amides is 1. The first-order valence-corrected chi connectivity index (χ1v) is 5.61. The van der Waals surface area contributed by atoms with E-state index in [1.165, 1.54) is 7.11 Å². The largest absolute Gasteiger partial charge is 0.389 e. The number of aromatic amines is 1. The molecule has 1 atom stereocenters. The molecular formula is C12H18N2O4. The summed E-state index contributed by atoms with van der Waals surface area (Å²) in [5.41, 5.74) is 0.958. The molecule has 6 heteroatoms. The first-order chi connectivity index (χ1) is 8.45. The van der Waals surface area contributed by atoms with Gasteiger partial charge in [0.2, 0.25) is 0 Å². The minimum Gasteiger partial charge on any atom is -0.389 e. The molecule has 0 aliphatic carbocycles. The van der Waals surface area contributed by atoms with E-state index in [1.807, 2.05) is 0 Å². The number of carbonyl (C=O) groups excluding carboxylic acids is 1. The predicted octanol–water partition coefficient (Wildman–Crippen LogP) is -0.271. The Kier molecular flexibility index (Phi) is 5.06. The van der Waals surface area contributed by atoms with Crippen LogP contribution in [0.1, 0.15) is 21.6 Å². The Bertz CT molecular complexity index is 481. The van der Waals surface area contributed by atoms with Crippen molar-refractivity contribution in [3.05, 3.63) is 33.2 Å². The maximum Gasteiger partial charge on any atom is 0.261 e. The Morgan fingerprint density at radius 2 is 2.22 bits per heavy atom. The summed E-state index contributed by atoms with van der Waals surface area (Å²) in [5, 5.41) is 11.9. The molecule has 1 aromatic heterocycles. The van der Waals surface area contributed by atoms with E-state index < -0.39 is 17.6 Å². The molecule has 3 N–H and O–H groups in total. The Balaban J connectivity index is 2.76. The Morgan fingerprint density at radius 3 is 2.78 bits per heavy atom. The van der Waals surface area contributed by atoms with E-state index in [0.29, 0.717) is 11.3 Å². The molecule has 6 nitrogen and oxygen atoms in total. The van der Waals surface area contributed by atoms with Crippen molar-refractivity contribution in [2.75, 3.05) is 20.3 Å². The number of pyridine rings is 1. The number of H-pyrrole nitrogens is 1. The first-order valence-electron chi connectivity index (χ1n) is 5.61. The number of aryl methyl sites for hydroxylation is 2. The van der Waals surface area contributed by atoms with Crippen molar-refractivity contribution in [3.63, 3.8) is 0 Å². The standard InChI is InChI=1S/C12H18N2O4/c1-7-4-8(2)14-12(17)10(7)11(16)13-5-9(15)6-18-3/h4,9,15H,5-6H2,1-3H3,(H,13,16)(H,14,17). The second-order valence-corrected chi connectivity index (χ2v) is 4.16. The minimum atomic E-state index is -0.788. The fourth-order valence-corrected chi connectivity index (χ4v) is 1.69. The van der Waals surface area contributed by atoms with E-state index in [-0.39, 0.29) is 18.7 Å². The molecule has 1 aromatic rings. The van der Waals surface area contributed by atoms with Gasteiger partial charge in [0.1, 0.15) is 5.56 Å². The molecule has 0 saturated carbocycles. The molecule has 1 amide bonds. The van der Waals surface area contributed by atoms with Gasteiger partial charge in [-0.25, -0.2) is 0 Å². The average molecular weight is 254 g/mol. The van der Waals surface area contributed by atoms with Crippen LogP contribution in [0.4, 0.5) is 0 Å². The maximum absolute atomic E-state index is 11.8. The minimum absolute atomic E-state index is 0.0411. The molecule has 0 spiro atoms. The van der Waals surface area contributed by atoms with Crippen molar-refractivity contribution >= 4 is 5.91 Å². The molecular weight excluding hydrogens is 236 g/mol. The SMILES string of the molecule is COCC(O)CNC(=O)c1c(C)cc(C)[nH]c1=O. The first kappa shape index (κ1) is 14.4. The van der Waals surface area contributed by atoms with Crippen LogP contribution >= 0.6 is 0 Å². The number of ether oxygens (including phenoxy) is 1. The number of nitrogens with one attached hydrogen (secondary N) is 2. The van der Waals surface area contributed by atoms with Crippen LogP contribution < -0.4 is 10.9 Å². The monoisotopic (exact) mass is 254 g/mol. The summed E-state index contributed by atoms with van der Waals surface area (Å²) >= 11 is 0. The van der Waals surface area contributed by atoms with Gasteiger partial charge in [-0.3, -0.25) is 9.59 Å². The molecule has 0 aliphatic rings. The molecule has 1 heterocycles. The topological polar surface area (TPSA) is 91.4 Å². The van der Waals surface area contributed by atoms with E-state index >= 15 is 0 Å². The number of hydrogen-bond acceptors (Lipinski definition) is 4. The zero-order chi connectivity index (χ0) is 13.7. The third-order valence-electron chi connectivity index (χ3n) is 2.45. The zero-order valence-electron chi connectivity index (χ0n) is 10.7. The number of rotatable bonds is 5. The van der Waals surface area contributed by atoms with Crippen LogP contribution in [0.2, 0.25) is 0 Å². The predicted molar refractivity (Wildman–Crippen MR) is 66.8 cm³/mol. The van der Waals surface area contributed by atoms with Crippen LogP contribution in [-0.2, 0) is 4.74 Å². The van der Waals surface area contributed by atoms with E-state index in [1.54, 1.807) is 19.9 Å². The molecule has 0 saturated heterocycles. The van der Waals surface area contributed by atoms with Gasteiger partial charge >= 0.3 is 0 Å². The summed E-state index contributed by atoms with van der Waals surface area (Å²) in [6.07, 6.45) is -0.788. The van der Waals surface area contributed by atoms with E-state index in [4.69, 9.17) is 4.74 Å². The molecule has 18 heavy (non-hydrogen) atoms. The second kappa shape index (κ2) is 6.32. The number of aliphatic hydroxyl groups is 1. The van der Waals surface area contributed by atoms with Gasteiger partial charge in [-0.15, -0.1) is 0 Å². The smallest absolute Gasteiger partial charge is 0.261 e. The number of aliphatic hydroxyl groups excluding tert-OH is 1. The zero-order valence-corrected chi connectivity index (χ0v) is 10.7. The van der Waals surface area contributed by atoms with Crippen LogP contribution in [0.25, 0.3) is 0 Å². The summed E-state index contributed by atoms with van der Waals surface area (Å²) in [7, 11) is 1.46. The highest BCUT2D eigenvalue weighted by molar-refractivity contribution is 5.95. The summed E-state index contributed by atoms with van der Waals surface area (Å²) < 4.78 is 4.74. The summed E-state index contributed by atoms with van der Waals surface area (Å²) in [6, 6.07) is 1.72. The molecule has 0 radical (unpaired) electrons. The molecule has 0 aromatic carbocycles. The van der Waals surface area contributed by atoms with E-state index in [9.17, 15) is 14.7 Å². The lowest BCUT2D eigenvalue weighted by Crippen LogP contribution is -2.37. The van der Waals surface area contributed by atoms with Crippen LogP contribution in [0.15, 0.2) is 10.9 Å². The molecule has 0 bridgehead atoms. The molecule has 1 unspecified atom stereocenters.